The molecule has 0 spiro atoms. The highest BCUT2D eigenvalue weighted by Crippen LogP contribution is 2.20. The Labute approximate surface area is 138 Å². The highest BCUT2D eigenvalue weighted by Gasteiger charge is 2.13. The average molecular weight is 311 g/mol. The third-order valence-electron chi connectivity index (χ3n) is 3.91. The summed E-state index contributed by atoms with van der Waals surface area (Å²) < 4.78 is 0. The average Bonchev–Trinajstić information content (AvgIpc) is 2.59. The Balaban J connectivity index is 2.12. The number of aryl methyl sites for hydroxylation is 1. The third-order valence-corrected chi connectivity index (χ3v) is 3.91. The van der Waals surface area contributed by atoms with Gasteiger partial charge in [0.05, 0.1) is 5.56 Å². The van der Waals surface area contributed by atoms with Gasteiger partial charge in [0.2, 0.25) is 0 Å². The molecule has 1 heterocycles. The molecule has 1 aromatic heterocycles. The molecule has 122 valence electrons. The molecule has 2 rings (SSSR count). The summed E-state index contributed by atoms with van der Waals surface area (Å²) in [7, 11) is 0. The number of unbranched alkanes of at least 4 members (excludes halogenated alkanes) is 1. The predicted octanol–water partition coefficient (Wildman–Crippen LogP) is 3.30. The van der Waals surface area contributed by atoms with Gasteiger partial charge in [0.1, 0.15) is 0 Å². The molecule has 1 unspecified atom stereocenters. The van der Waals surface area contributed by atoms with Crippen LogP contribution in [0.15, 0.2) is 42.7 Å². The molecule has 0 aliphatic rings. The summed E-state index contributed by atoms with van der Waals surface area (Å²) >= 11 is 0. The summed E-state index contributed by atoms with van der Waals surface area (Å²) in [6.45, 7) is 4.64. The van der Waals surface area contributed by atoms with Gasteiger partial charge >= 0.3 is 0 Å². The SMILES string of the molecule is CCCCC(CN)NC(=O)c1cncc(-c2ccc(C)cc2)c1. The van der Waals surface area contributed by atoms with Crippen molar-refractivity contribution in [2.24, 2.45) is 5.73 Å². The van der Waals surface area contributed by atoms with Gasteiger partial charge in [-0.05, 0) is 25.0 Å². The van der Waals surface area contributed by atoms with Gasteiger partial charge in [-0.15, -0.1) is 0 Å². The molecule has 1 aromatic carbocycles. The molecule has 2 aromatic rings. The van der Waals surface area contributed by atoms with Gasteiger partial charge in [-0.25, -0.2) is 0 Å². The van der Waals surface area contributed by atoms with E-state index in [1.807, 2.05) is 18.2 Å². The maximum Gasteiger partial charge on any atom is 0.253 e. The summed E-state index contributed by atoms with van der Waals surface area (Å²) in [5.41, 5.74) is 9.51. The Hall–Kier alpha value is -2.20. The zero-order valence-electron chi connectivity index (χ0n) is 13.9. The Morgan fingerprint density at radius 3 is 2.61 bits per heavy atom. The number of nitrogens with two attached hydrogens (primary N) is 1. The third kappa shape index (κ3) is 4.89. The van der Waals surface area contributed by atoms with Crippen LogP contribution >= 0.6 is 0 Å². The van der Waals surface area contributed by atoms with Crippen LogP contribution in [-0.2, 0) is 0 Å². The monoisotopic (exact) mass is 311 g/mol. The Morgan fingerprint density at radius 1 is 1.22 bits per heavy atom. The van der Waals surface area contributed by atoms with Gasteiger partial charge in [-0.3, -0.25) is 9.78 Å². The summed E-state index contributed by atoms with van der Waals surface area (Å²) in [4.78, 5) is 16.6. The van der Waals surface area contributed by atoms with E-state index in [0.29, 0.717) is 12.1 Å². The number of nitrogens with one attached hydrogen (secondary N) is 1. The van der Waals surface area contributed by atoms with Crippen LogP contribution in [0.3, 0.4) is 0 Å². The van der Waals surface area contributed by atoms with Gasteiger partial charge in [0.25, 0.3) is 5.91 Å². The maximum absolute atomic E-state index is 12.4. The zero-order chi connectivity index (χ0) is 16.7. The zero-order valence-corrected chi connectivity index (χ0v) is 13.9. The Morgan fingerprint density at radius 2 is 1.96 bits per heavy atom. The molecule has 4 nitrogen and oxygen atoms in total. The fourth-order valence-electron chi connectivity index (χ4n) is 2.44. The van der Waals surface area contributed by atoms with Crippen LogP contribution in [0.4, 0.5) is 0 Å². The number of carbonyl (C=O) groups excluding carboxylic acids is 1. The summed E-state index contributed by atoms with van der Waals surface area (Å²) in [6.07, 6.45) is 6.43. The molecule has 0 aliphatic heterocycles. The van der Waals surface area contributed by atoms with Crippen molar-refractivity contribution in [3.63, 3.8) is 0 Å². The van der Waals surface area contributed by atoms with Crippen molar-refractivity contribution in [3.05, 3.63) is 53.9 Å². The molecule has 3 N–H and O–H groups in total. The minimum atomic E-state index is -0.113. The van der Waals surface area contributed by atoms with Crippen LogP contribution in [0.25, 0.3) is 11.1 Å². The predicted molar refractivity (Wildman–Crippen MR) is 94.2 cm³/mol. The van der Waals surface area contributed by atoms with Gasteiger partial charge < -0.3 is 11.1 Å². The topological polar surface area (TPSA) is 68.0 Å². The van der Waals surface area contributed by atoms with Gasteiger partial charge in [0, 0.05) is 30.5 Å². The number of aromatic nitrogens is 1. The second-order valence-electron chi connectivity index (χ2n) is 5.88. The number of pyridine rings is 1. The quantitative estimate of drug-likeness (QED) is 0.824. The Bertz CT molecular complexity index is 637. The van der Waals surface area contributed by atoms with E-state index >= 15 is 0 Å². The molecule has 1 amide bonds. The number of hydrogen-bond donors (Lipinski definition) is 2. The second-order valence-corrected chi connectivity index (χ2v) is 5.88. The molecule has 23 heavy (non-hydrogen) atoms. The van der Waals surface area contributed by atoms with Crippen molar-refractivity contribution in [2.45, 2.75) is 39.2 Å². The maximum atomic E-state index is 12.4. The summed E-state index contributed by atoms with van der Waals surface area (Å²) in [6, 6.07) is 10.1. The van der Waals surface area contributed by atoms with Gasteiger partial charge in [0.15, 0.2) is 0 Å². The molecule has 0 saturated carbocycles. The molecule has 0 fully saturated rings. The van der Waals surface area contributed by atoms with E-state index in [0.717, 1.165) is 30.4 Å². The molecule has 0 bridgehead atoms. The largest absolute Gasteiger partial charge is 0.348 e. The highest BCUT2D eigenvalue weighted by atomic mass is 16.1. The van der Waals surface area contributed by atoms with Crippen molar-refractivity contribution < 1.29 is 4.79 Å². The van der Waals surface area contributed by atoms with Crippen molar-refractivity contribution in [1.29, 1.82) is 0 Å². The Kier molecular flexibility index (Phi) is 6.29. The molecule has 4 heteroatoms. The van der Waals surface area contributed by atoms with E-state index in [9.17, 15) is 4.79 Å². The lowest BCUT2D eigenvalue weighted by molar-refractivity contribution is 0.0935. The first kappa shape index (κ1) is 17.2. The molecule has 0 saturated heterocycles. The van der Waals surface area contributed by atoms with Crippen LogP contribution in [0.5, 0.6) is 0 Å². The summed E-state index contributed by atoms with van der Waals surface area (Å²) in [5.74, 6) is -0.113. The smallest absolute Gasteiger partial charge is 0.253 e. The van der Waals surface area contributed by atoms with E-state index in [1.165, 1.54) is 5.56 Å². The van der Waals surface area contributed by atoms with Crippen molar-refractivity contribution >= 4 is 5.91 Å². The fraction of sp³-hybridized carbons (Fsp3) is 0.368. The van der Waals surface area contributed by atoms with Crippen molar-refractivity contribution in [3.8, 4) is 11.1 Å². The standard InChI is InChI=1S/C19H25N3O/c1-3-4-5-18(11-20)22-19(23)17-10-16(12-21-13-17)15-8-6-14(2)7-9-15/h6-10,12-13,18H,3-5,11,20H2,1-2H3,(H,22,23). The number of rotatable bonds is 7. The minimum absolute atomic E-state index is 0.0190. The van der Waals surface area contributed by atoms with Crippen LogP contribution in [0.1, 0.15) is 42.1 Å². The first-order valence-electron chi connectivity index (χ1n) is 8.17. The lowest BCUT2D eigenvalue weighted by Crippen LogP contribution is -2.40. The summed E-state index contributed by atoms with van der Waals surface area (Å²) in [5, 5.41) is 3.00. The molecular weight excluding hydrogens is 286 g/mol. The fourth-order valence-corrected chi connectivity index (χ4v) is 2.44. The van der Waals surface area contributed by atoms with Crippen molar-refractivity contribution in [2.75, 3.05) is 6.54 Å². The van der Waals surface area contributed by atoms with E-state index in [1.54, 1.807) is 12.4 Å². The molecule has 0 radical (unpaired) electrons. The number of nitrogens with zero attached hydrogens (tertiary/aromatic N) is 1. The van der Waals surface area contributed by atoms with Crippen molar-refractivity contribution in [1.82, 2.24) is 10.3 Å². The van der Waals surface area contributed by atoms with Crippen LogP contribution < -0.4 is 11.1 Å². The van der Waals surface area contributed by atoms with Crippen LogP contribution in [0.2, 0.25) is 0 Å². The first-order chi connectivity index (χ1) is 11.1. The lowest BCUT2D eigenvalue weighted by Gasteiger charge is -2.16. The number of carbonyl (C=O) groups is 1. The molecular formula is C19H25N3O. The van der Waals surface area contributed by atoms with Crippen LogP contribution in [0, 0.1) is 6.92 Å². The van der Waals surface area contributed by atoms with E-state index in [4.69, 9.17) is 5.73 Å². The van der Waals surface area contributed by atoms with E-state index in [2.05, 4.69) is 36.3 Å². The van der Waals surface area contributed by atoms with E-state index < -0.39 is 0 Å². The second kappa shape index (κ2) is 8.44. The van der Waals surface area contributed by atoms with E-state index in [-0.39, 0.29) is 11.9 Å². The van der Waals surface area contributed by atoms with Crippen LogP contribution in [-0.4, -0.2) is 23.5 Å². The highest BCUT2D eigenvalue weighted by molar-refractivity contribution is 5.95. The number of benzene rings is 1. The number of hydrogen-bond acceptors (Lipinski definition) is 3. The lowest BCUT2D eigenvalue weighted by atomic mass is 10.0. The van der Waals surface area contributed by atoms with Gasteiger partial charge in [-0.1, -0.05) is 49.6 Å². The first-order valence-corrected chi connectivity index (χ1v) is 8.17. The molecule has 1 atom stereocenters. The minimum Gasteiger partial charge on any atom is -0.348 e. The van der Waals surface area contributed by atoms with Gasteiger partial charge in [-0.2, -0.15) is 0 Å². The normalized spacial score (nSPS) is 12.0. The number of amides is 1. The molecule has 0 aliphatic carbocycles.